The molecule has 0 saturated carbocycles. The second-order valence-corrected chi connectivity index (χ2v) is 9.75. The smallest absolute Gasteiger partial charge is 0.217 e. The first-order valence-corrected chi connectivity index (χ1v) is 13.0. The summed E-state index contributed by atoms with van der Waals surface area (Å²) in [7, 11) is 0. The van der Waals surface area contributed by atoms with Crippen molar-refractivity contribution in [1.82, 2.24) is 5.32 Å². The number of ether oxygens (including phenoxy) is 6. The van der Waals surface area contributed by atoms with Gasteiger partial charge in [-0.1, -0.05) is 0 Å². The summed E-state index contributed by atoms with van der Waals surface area (Å²) in [5.41, 5.74) is 5.47. The molecule has 0 radical (unpaired) electrons. The van der Waals surface area contributed by atoms with Crippen LogP contribution in [-0.4, -0.2) is 165 Å². The number of amides is 1. The van der Waals surface area contributed by atoms with Gasteiger partial charge in [-0.05, 0) is 13.0 Å². The molecule has 13 atom stereocenters. The molecule has 2 saturated heterocycles. The Hall–Kier alpha value is -1.75. The zero-order valence-corrected chi connectivity index (χ0v) is 22.2. The Balaban J connectivity index is 1.81. The molecule has 0 spiro atoms. The fourth-order valence-electron chi connectivity index (χ4n) is 4.67. The fraction of sp³-hybridized carbons (Fsp3) is 0.870. The first kappa shape index (κ1) is 33.7. The number of carbonyl (C=O) groups excluding carboxylic acids is 1. The summed E-state index contributed by atoms with van der Waals surface area (Å²) in [5.74, 6) is -2.36. The molecule has 3 aliphatic heterocycles. The monoisotopic (exact) mass is 600 g/mol. The molecule has 0 aliphatic carbocycles. The maximum atomic E-state index is 11.8. The summed E-state index contributed by atoms with van der Waals surface area (Å²) in [6, 6.07) is -1.20. The molecular formula is C23H40N2O16. The lowest BCUT2D eigenvalue weighted by Gasteiger charge is -2.48. The Bertz CT molecular complexity index is 881. The van der Waals surface area contributed by atoms with E-state index in [9.17, 15) is 50.8 Å². The molecule has 0 aromatic rings. The second-order valence-electron chi connectivity index (χ2n) is 9.75. The predicted octanol–water partition coefficient (Wildman–Crippen LogP) is -5.45. The van der Waals surface area contributed by atoms with Crippen molar-refractivity contribution in [2.45, 2.75) is 93.2 Å². The lowest BCUT2D eigenvalue weighted by Crippen LogP contribution is -2.68. The van der Waals surface area contributed by atoms with Crippen molar-refractivity contribution < 1.29 is 79.2 Å². The van der Waals surface area contributed by atoms with Gasteiger partial charge in [0.2, 0.25) is 5.91 Å². The van der Waals surface area contributed by atoms with E-state index < -0.39 is 117 Å². The molecule has 3 aliphatic rings. The van der Waals surface area contributed by atoms with Crippen molar-refractivity contribution in [2.75, 3.05) is 33.0 Å². The molecule has 0 aromatic heterocycles. The van der Waals surface area contributed by atoms with Crippen LogP contribution in [0.4, 0.5) is 0 Å². The Morgan fingerprint density at radius 3 is 2.05 bits per heavy atom. The van der Waals surface area contributed by atoms with E-state index in [0.29, 0.717) is 13.0 Å². The number of rotatable bonds is 12. The van der Waals surface area contributed by atoms with Gasteiger partial charge in [0.25, 0.3) is 0 Å². The van der Waals surface area contributed by atoms with Crippen LogP contribution in [0.1, 0.15) is 13.3 Å². The minimum Gasteiger partial charge on any atom is -0.506 e. The summed E-state index contributed by atoms with van der Waals surface area (Å²) < 4.78 is 33.3. The quantitative estimate of drug-likeness (QED) is 0.0931. The Morgan fingerprint density at radius 2 is 1.46 bits per heavy atom. The van der Waals surface area contributed by atoms with Crippen LogP contribution in [-0.2, 0) is 33.2 Å². The van der Waals surface area contributed by atoms with E-state index in [2.05, 4.69) is 5.32 Å². The van der Waals surface area contributed by atoms with Crippen LogP contribution in [0, 0.1) is 0 Å². The second kappa shape index (κ2) is 15.1. The molecule has 3 heterocycles. The average molecular weight is 601 g/mol. The molecule has 0 aromatic carbocycles. The highest BCUT2D eigenvalue weighted by Crippen LogP contribution is 2.33. The number of aliphatic hydroxyl groups is 9. The van der Waals surface area contributed by atoms with Gasteiger partial charge < -0.3 is 85.4 Å². The van der Waals surface area contributed by atoms with Crippen molar-refractivity contribution in [1.29, 1.82) is 0 Å². The third-order valence-corrected chi connectivity index (χ3v) is 6.83. The summed E-state index contributed by atoms with van der Waals surface area (Å²) >= 11 is 0. The summed E-state index contributed by atoms with van der Waals surface area (Å²) in [6.45, 7) is -0.737. The zero-order chi connectivity index (χ0) is 30.4. The first-order chi connectivity index (χ1) is 19.5. The lowest BCUT2D eigenvalue weighted by atomic mass is 9.95. The van der Waals surface area contributed by atoms with Crippen molar-refractivity contribution in [3.63, 3.8) is 0 Å². The molecule has 12 N–H and O–H groups in total. The van der Waals surface area contributed by atoms with Crippen molar-refractivity contribution in [3.05, 3.63) is 11.5 Å². The van der Waals surface area contributed by atoms with Gasteiger partial charge in [0.1, 0.15) is 54.9 Å². The fourth-order valence-corrected chi connectivity index (χ4v) is 4.67. The summed E-state index contributed by atoms with van der Waals surface area (Å²) in [6.07, 6.45) is -19.0. The van der Waals surface area contributed by atoms with E-state index in [1.165, 1.54) is 6.92 Å². The van der Waals surface area contributed by atoms with Gasteiger partial charge >= 0.3 is 0 Å². The zero-order valence-electron chi connectivity index (χ0n) is 22.2. The standard InChI is InChI=1S/C23H40N2O16/c1-8(29)25-12-15(32)19(11(7-28)39-21(12)36-4-2-3-24)40-23-18(35)20(14(31)10(6-27)38-23)41-22-17(34)16(33)13(30)9(5-26)37-22/h9-12,14-15,17-23,26-28,30-35H,2-7,24H2,1H3,(H,25,29)/t9?,10?,11?,12?,14-,15?,17?,18?,19+,20?,21+,22+,23-/m0/s1. The lowest BCUT2D eigenvalue weighted by molar-refractivity contribution is -0.366. The molecule has 18 nitrogen and oxygen atoms in total. The van der Waals surface area contributed by atoms with Crippen LogP contribution in [0.3, 0.4) is 0 Å². The Labute approximate surface area is 234 Å². The van der Waals surface area contributed by atoms with Crippen molar-refractivity contribution in [3.8, 4) is 0 Å². The van der Waals surface area contributed by atoms with Crippen LogP contribution in [0.25, 0.3) is 0 Å². The average Bonchev–Trinajstić information content (AvgIpc) is 2.95. The van der Waals surface area contributed by atoms with E-state index in [4.69, 9.17) is 34.2 Å². The van der Waals surface area contributed by atoms with Crippen LogP contribution < -0.4 is 11.1 Å². The molecule has 238 valence electrons. The van der Waals surface area contributed by atoms with E-state index in [1.807, 2.05) is 0 Å². The highest BCUT2D eigenvalue weighted by atomic mass is 16.8. The van der Waals surface area contributed by atoms with Crippen LogP contribution in [0.15, 0.2) is 11.5 Å². The van der Waals surface area contributed by atoms with Crippen LogP contribution in [0.5, 0.6) is 0 Å². The number of nitrogens with one attached hydrogen (secondary N) is 1. The Kier molecular flexibility index (Phi) is 12.4. The third-order valence-electron chi connectivity index (χ3n) is 6.83. The molecule has 41 heavy (non-hydrogen) atoms. The first-order valence-electron chi connectivity index (χ1n) is 13.0. The topological polar surface area (TPSA) is 293 Å². The Morgan fingerprint density at radius 1 is 0.829 bits per heavy atom. The highest BCUT2D eigenvalue weighted by Gasteiger charge is 2.53. The van der Waals surface area contributed by atoms with Gasteiger partial charge in [0.05, 0.1) is 26.4 Å². The van der Waals surface area contributed by atoms with Crippen LogP contribution >= 0.6 is 0 Å². The maximum Gasteiger partial charge on any atom is 0.217 e. The number of aliphatic hydroxyl groups excluding tert-OH is 9. The van der Waals surface area contributed by atoms with E-state index >= 15 is 0 Å². The molecule has 1 amide bonds. The molecule has 18 heteroatoms. The number of carbonyl (C=O) groups is 1. The number of hydrogen-bond acceptors (Lipinski definition) is 17. The third kappa shape index (κ3) is 7.61. The number of nitrogens with two attached hydrogens (primary N) is 1. The maximum absolute atomic E-state index is 11.8. The number of hydrogen-bond donors (Lipinski definition) is 11. The van der Waals surface area contributed by atoms with E-state index in [0.717, 1.165) is 0 Å². The van der Waals surface area contributed by atoms with E-state index in [-0.39, 0.29) is 6.61 Å². The van der Waals surface area contributed by atoms with E-state index in [1.54, 1.807) is 0 Å². The van der Waals surface area contributed by atoms with Gasteiger partial charge in [0, 0.05) is 6.92 Å². The normalized spacial score (nSPS) is 41.8. The molecule has 8 unspecified atom stereocenters. The molecule has 3 rings (SSSR count). The molecular weight excluding hydrogens is 560 g/mol. The van der Waals surface area contributed by atoms with Crippen molar-refractivity contribution in [2.24, 2.45) is 5.73 Å². The highest BCUT2D eigenvalue weighted by molar-refractivity contribution is 5.73. The van der Waals surface area contributed by atoms with Gasteiger partial charge in [0.15, 0.2) is 36.5 Å². The minimum absolute atomic E-state index is 0.113. The van der Waals surface area contributed by atoms with Crippen LogP contribution in [0.2, 0.25) is 0 Å². The summed E-state index contributed by atoms with van der Waals surface area (Å²) in [5, 5.41) is 94.6. The van der Waals surface area contributed by atoms with Gasteiger partial charge in [-0.2, -0.15) is 0 Å². The molecule has 0 bridgehead atoms. The predicted molar refractivity (Wildman–Crippen MR) is 131 cm³/mol. The summed E-state index contributed by atoms with van der Waals surface area (Å²) in [4.78, 5) is 11.8. The SMILES string of the molecule is CC(=O)NC1C(O)[C@H](O[C@@H]2OC(CO)[C@H](O)C(O[C@H]3OC(CO)C(O)=C(O)C3O)C2O)C(CO)O[C@H]1OCCCN. The van der Waals surface area contributed by atoms with Gasteiger partial charge in [-0.15, -0.1) is 0 Å². The van der Waals surface area contributed by atoms with Crippen molar-refractivity contribution >= 4 is 5.91 Å². The van der Waals surface area contributed by atoms with Gasteiger partial charge in [-0.3, -0.25) is 4.79 Å². The molecule has 2 fully saturated rings. The van der Waals surface area contributed by atoms with Gasteiger partial charge in [-0.25, -0.2) is 0 Å². The largest absolute Gasteiger partial charge is 0.506 e. The minimum atomic E-state index is -1.99.